The fourth-order valence-electron chi connectivity index (χ4n) is 2.71. The van der Waals surface area contributed by atoms with E-state index >= 15 is 0 Å². The lowest BCUT2D eigenvalue weighted by atomic mass is 9.97. The highest BCUT2D eigenvalue weighted by Crippen LogP contribution is 2.32. The summed E-state index contributed by atoms with van der Waals surface area (Å²) in [5.41, 5.74) is 3.07. The number of rotatable bonds is 5. The Balaban J connectivity index is 1.76. The van der Waals surface area contributed by atoms with Gasteiger partial charge in [0.25, 0.3) is 0 Å². The summed E-state index contributed by atoms with van der Waals surface area (Å²) < 4.78 is 15.1. The van der Waals surface area contributed by atoms with Crippen LogP contribution in [0.15, 0.2) is 59.6 Å². The molecule has 0 saturated heterocycles. The van der Waals surface area contributed by atoms with E-state index in [9.17, 15) is 9.18 Å². The third kappa shape index (κ3) is 4.38. The van der Waals surface area contributed by atoms with Crippen molar-refractivity contribution in [3.63, 3.8) is 0 Å². The first-order valence-corrected chi connectivity index (χ1v) is 8.59. The van der Waals surface area contributed by atoms with Crippen molar-refractivity contribution in [3.05, 3.63) is 71.7 Å². The lowest BCUT2D eigenvalue weighted by Crippen LogP contribution is -2.15. The molecule has 0 unspecified atom stereocenters. The normalized spacial score (nSPS) is 14.4. The van der Waals surface area contributed by atoms with Crippen LogP contribution in [0.4, 0.5) is 4.39 Å². The van der Waals surface area contributed by atoms with Crippen molar-refractivity contribution < 1.29 is 14.3 Å². The van der Waals surface area contributed by atoms with Crippen molar-refractivity contribution in [2.75, 3.05) is 6.54 Å². The van der Waals surface area contributed by atoms with Crippen molar-refractivity contribution in [2.24, 2.45) is 0 Å². The van der Waals surface area contributed by atoms with E-state index in [2.05, 4.69) is 10.5 Å². The van der Waals surface area contributed by atoms with Crippen LogP contribution in [-0.4, -0.2) is 21.9 Å². The smallest absolute Gasteiger partial charge is 0.307 e. The van der Waals surface area contributed by atoms with E-state index in [4.69, 9.17) is 5.11 Å². The number of benzene rings is 2. The topological polar surface area (TPSA) is 40.5 Å². The zero-order valence-electron chi connectivity index (χ0n) is 13.1. The number of hydrogen-bond acceptors (Lipinski definition) is 3. The molecule has 1 aliphatic heterocycles. The molecule has 0 aromatic heterocycles. The molecule has 0 amide bonds. The fourth-order valence-corrected chi connectivity index (χ4v) is 3.63. The Hall–Kier alpha value is -2.27. The van der Waals surface area contributed by atoms with Crippen molar-refractivity contribution in [3.8, 4) is 0 Å². The van der Waals surface area contributed by atoms with Crippen LogP contribution in [0.1, 0.15) is 24.0 Å². The molecule has 0 fully saturated rings. The lowest BCUT2D eigenvalue weighted by molar-refractivity contribution is -0.136. The Morgan fingerprint density at radius 2 is 2.00 bits per heavy atom. The second-order valence-electron chi connectivity index (χ2n) is 5.71. The van der Waals surface area contributed by atoms with Crippen molar-refractivity contribution in [1.29, 1.82) is 0 Å². The van der Waals surface area contributed by atoms with E-state index < -0.39 is 5.97 Å². The lowest BCUT2D eigenvalue weighted by Gasteiger charge is -2.26. The minimum absolute atomic E-state index is 0.0369. The van der Waals surface area contributed by atoms with Gasteiger partial charge in [-0.3, -0.25) is 4.79 Å². The van der Waals surface area contributed by atoms with Gasteiger partial charge < -0.3 is 9.41 Å². The van der Waals surface area contributed by atoms with E-state index in [1.807, 2.05) is 24.3 Å². The molecule has 1 aliphatic rings. The summed E-state index contributed by atoms with van der Waals surface area (Å²) in [6.07, 6.45) is 4.15. The summed E-state index contributed by atoms with van der Waals surface area (Å²) in [6, 6.07) is 14.2. The van der Waals surface area contributed by atoms with Crippen LogP contribution in [0.5, 0.6) is 0 Å². The quantitative estimate of drug-likeness (QED) is 0.806. The predicted octanol–water partition coefficient (Wildman–Crippen LogP) is 4.60. The maximum absolute atomic E-state index is 13.0. The third-order valence-corrected chi connectivity index (χ3v) is 4.82. The maximum Gasteiger partial charge on any atom is 0.307 e. The molecule has 2 aromatic carbocycles. The predicted molar refractivity (Wildman–Crippen MR) is 94.0 cm³/mol. The van der Waals surface area contributed by atoms with Gasteiger partial charge in [-0.2, -0.15) is 0 Å². The highest BCUT2D eigenvalue weighted by atomic mass is 32.2. The highest BCUT2D eigenvalue weighted by molar-refractivity contribution is 7.97. The molecular weight excluding hydrogens is 325 g/mol. The number of halogens is 1. The summed E-state index contributed by atoms with van der Waals surface area (Å²) in [5, 5.41) is 8.94. The minimum Gasteiger partial charge on any atom is -0.481 e. The molecule has 124 valence electrons. The van der Waals surface area contributed by atoms with E-state index in [0.29, 0.717) is 0 Å². The number of nitrogens with zero attached hydrogens (tertiary/aromatic N) is 1. The van der Waals surface area contributed by atoms with Crippen LogP contribution in [-0.2, 0) is 11.2 Å². The van der Waals surface area contributed by atoms with Crippen molar-refractivity contribution >= 4 is 23.5 Å². The van der Waals surface area contributed by atoms with Gasteiger partial charge in [-0.25, -0.2) is 4.39 Å². The molecule has 1 heterocycles. The van der Waals surface area contributed by atoms with Gasteiger partial charge in [0.2, 0.25) is 0 Å². The molecule has 3 nitrogen and oxygen atoms in total. The fraction of sp³-hybridized carbons (Fsp3) is 0.211. The second-order valence-corrected chi connectivity index (χ2v) is 6.84. The molecule has 0 atom stereocenters. The molecule has 5 heteroatoms. The molecule has 0 spiro atoms. The monoisotopic (exact) mass is 343 g/mol. The van der Waals surface area contributed by atoms with Crippen LogP contribution in [0.3, 0.4) is 0 Å². The Bertz CT molecular complexity index is 758. The average Bonchev–Trinajstić information content (AvgIpc) is 2.57. The van der Waals surface area contributed by atoms with Gasteiger partial charge in [0, 0.05) is 17.6 Å². The largest absolute Gasteiger partial charge is 0.481 e. The van der Waals surface area contributed by atoms with Crippen molar-refractivity contribution in [2.45, 2.75) is 24.2 Å². The summed E-state index contributed by atoms with van der Waals surface area (Å²) in [7, 11) is 0. The van der Waals surface area contributed by atoms with Gasteiger partial charge in [0.1, 0.15) is 5.82 Å². The zero-order chi connectivity index (χ0) is 16.9. The van der Waals surface area contributed by atoms with E-state index in [1.165, 1.54) is 17.7 Å². The summed E-state index contributed by atoms with van der Waals surface area (Å²) >= 11 is 1.58. The van der Waals surface area contributed by atoms with E-state index in [-0.39, 0.29) is 12.2 Å². The van der Waals surface area contributed by atoms with Gasteiger partial charge in [-0.15, -0.1) is 0 Å². The van der Waals surface area contributed by atoms with Crippen LogP contribution >= 0.6 is 11.9 Å². The molecule has 24 heavy (non-hydrogen) atoms. The summed E-state index contributed by atoms with van der Waals surface area (Å²) in [5.74, 6) is -1.05. The number of hydrogen-bond donors (Lipinski definition) is 1. The number of aliphatic carboxylic acids is 1. The minimum atomic E-state index is -0.821. The average molecular weight is 343 g/mol. The molecule has 0 radical (unpaired) electrons. The summed E-state index contributed by atoms with van der Waals surface area (Å²) in [4.78, 5) is 11.9. The third-order valence-electron chi connectivity index (χ3n) is 3.81. The van der Waals surface area contributed by atoms with Gasteiger partial charge in [0.05, 0.1) is 6.42 Å². The van der Waals surface area contributed by atoms with Crippen LogP contribution < -0.4 is 0 Å². The Kier molecular flexibility index (Phi) is 5.20. The maximum atomic E-state index is 13.0. The Morgan fingerprint density at radius 1 is 1.21 bits per heavy atom. The van der Waals surface area contributed by atoms with Crippen LogP contribution in [0, 0.1) is 5.82 Å². The molecule has 3 rings (SSSR count). The first-order valence-electron chi connectivity index (χ1n) is 7.82. The summed E-state index contributed by atoms with van der Waals surface area (Å²) in [6.45, 7) is 0.931. The SMILES string of the molecule is O=C(O)Cc1cccc(C2=CN(Sc3ccc(F)cc3)CCC2)c1. The molecular formula is C19H18FNO2S. The number of carboxylic acid groups (broad SMARTS) is 1. The van der Waals surface area contributed by atoms with Gasteiger partial charge >= 0.3 is 5.97 Å². The Labute approximate surface area is 144 Å². The first-order chi connectivity index (χ1) is 11.6. The van der Waals surface area contributed by atoms with E-state index in [0.717, 1.165) is 35.4 Å². The highest BCUT2D eigenvalue weighted by Gasteiger charge is 2.14. The molecule has 0 bridgehead atoms. The van der Waals surface area contributed by atoms with Crippen molar-refractivity contribution in [1.82, 2.24) is 4.31 Å². The van der Waals surface area contributed by atoms with Gasteiger partial charge in [-0.1, -0.05) is 24.3 Å². The van der Waals surface area contributed by atoms with E-state index in [1.54, 1.807) is 24.1 Å². The number of carboxylic acids is 1. The van der Waals surface area contributed by atoms with Crippen LogP contribution in [0.2, 0.25) is 0 Å². The molecule has 2 aromatic rings. The first kappa shape index (κ1) is 16.6. The van der Waals surface area contributed by atoms with Crippen LogP contribution in [0.25, 0.3) is 5.57 Å². The second kappa shape index (κ2) is 7.53. The Morgan fingerprint density at radius 3 is 2.75 bits per heavy atom. The number of allylic oxidation sites excluding steroid dienone is 1. The zero-order valence-corrected chi connectivity index (χ0v) is 13.9. The standard InChI is InChI=1S/C19H18FNO2S/c20-17-6-8-18(9-7-17)24-21-10-2-5-16(13-21)15-4-1-3-14(11-15)12-19(22)23/h1,3-4,6-9,11,13H,2,5,10,12H2,(H,22,23). The number of carbonyl (C=O) groups is 1. The molecule has 0 aliphatic carbocycles. The molecule has 1 N–H and O–H groups in total. The van der Waals surface area contributed by atoms with Gasteiger partial charge in [-0.05, 0) is 65.8 Å². The molecule has 0 saturated carbocycles. The van der Waals surface area contributed by atoms with Gasteiger partial charge in [0.15, 0.2) is 0 Å².